The summed E-state index contributed by atoms with van der Waals surface area (Å²) in [6.07, 6.45) is 3.35. The summed E-state index contributed by atoms with van der Waals surface area (Å²) in [6.45, 7) is 3.30. The number of aliphatic hydroxyl groups excluding tert-OH is 1. The average molecular weight is 183 g/mol. The topological polar surface area (TPSA) is 41.3 Å². The maximum absolute atomic E-state index is 9.16. The summed E-state index contributed by atoms with van der Waals surface area (Å²) in [5.74, 6) is 0. The highest BCUT2D eigenvalue weighted by Gasteiger charge is 2.05. The highest BCUT2D eigenvalue weighted by molar-refractivity contribution is 4.96. The van der Waals surface area contributed by atoms with Gasteiger partial charge in [-0.2, -0.15) is 0 Å². The first-order chi connectivity index (χ1) is 6.09. The molecule has 0 amide bonds. The zero-order valence-corrected chi connectivity index (χ0v) is 8.44. The molecule has 1 unspecified atom stereocenters. The number of imidazole rings is 1. The van der Waals surface area contributed by atoms with Crippen LogP contribution in [0.3, 0.4) is 0 Å². The Bertz CT molecular complexity index is 257. The molecule has 0 bridgehead atoms. The van der Waals surface area contributed by atoms with Crippen LogP contribution in [0.5, 0.6) is 0 Å². The van der Waals surface area contributed by atoms with Crippen molar-refractivity contribution in [2.24, 2.45) is 7.05 Å². The summed E-state index contributed by atoms with van der Waals surface area (Å²) in [5, 5.41) is 9.16. The van der Waals surface area contributed by atoms with Crippen molar-refractivity contribution in [2.75, 3.05) is 13.6 Å². The molecule has 0 radical (unpaired) electrons. The summed E-state index contributed by atoms with van der Waals surface area (Å²) >= 11 is 0. The van der Waals surface area contributed by atoms with Crippen LogP contribution in [0.25, 0.3) is 0 Å². The minimum absolute atomic E-state index is 0.279. The van der Waals surface area contributed by atoms with Crippen LogP contribution >= 0.6 is 0 Å². The summed E-state index contributed by atoms with van der Waals surface area (Å²) < 4.78 is 1.98. The lowest BCUT2D eigenvalue weighted by molar-refractivity contribution is 0.137. The predicted molar refractivity (Wildman–Crippen MR) is 51.2 cm³/mol. The third kappa shape index (κ3) is 3.16. The molecule has 1 N–H and O–H groups in total. The van der Waals surface area contributed by atoms with Crippen molar-refractivity contribution in [3.05, 3.63) is 18.2 Å². The first-order valence-corrected chi connectivity index (χ1v) is 4.41. The molecule has 4 heteroatoms. The van der Waals surface area contributed by atoms with Crippen LogP contribution in [0.4, 0.5) is 0 Å². The molecule has 0 saturated carbocycles. The molecule has 0 aliphatic heterocycles. The van der Waals surface area contributed by atoms with Gasteiger partial charge in [-0.05, 0) is 14.0 Å². The maximum atomic E-state index is 9.16. The van der Waals surface area contributed by atoms with Gasteiger partial charge in [0.25, 0.3) is 0 Å². The zero-order valence-electron chi connectivity index (χ0n) is 8.44. The predicted octanol–water partition coefficient (Wildman–Crippen LogP) is 0.233. The molecule has 1 rings (SSSR count). The van der Waals surface area contributed by atoms with Gasteiger partial charge < -0.3 is 9.67 Å². The van der Waals surface area contributed by atoms with Gasteiger partial charge in [0, 0.05) is 26.3 Å². The van der Waals surface area contributed by atoms with Crippen LogP contribution in [-0.2, 0) is 13.6 Å². The van der Waals surface area contributed by atoms with E-state index in [0.29, 0.717) is 6.54 Å². The van der Waals surface area contributed by atoms with Crippen LogP contribution in [0.2, 0.25) is 0 Å². The Kier molecular flexibility index (Phi) is 3.45. The van der Waals surface area contributed by atoms with E-state index in [1.165, 1.54) is 0 Å². The van der Waals surface area contributed by atoms with Gasteiger partial charge in [0.05, 0.1) is 18.1 Å². The molecule has 0 fully saturated rings. The van der Waals surface area contributed by atoms with Gasteiger partial charge in [-0.25, -0.2) is 4.98 Å². The van der Waals surface area contributed by atoms with Crippen LogP contribution in [0.15, 0.2) is 12.5 Å². The third-order valence-corrected chi connectivity index (χ3v) is 1.92. The number of aryl methyl sites for hydroxylation is 1. The number of aromatic nitrogens is 2. The lowest BCUT2D eigenvalue weighted by Gasteiger charge is -2.17. The molecule has 0 aromatic carbocycles. The second kappa shape index (κ2) is 4.39. The van der Waals surface area contributed by atoms with Crippen molar-refractivity contribution in [1.29, 1.82) is 0 Å². The van der Waals surface area contributed by atoms with Crippen molar-refractivity contribution in [2.45, 2.75) is 19.6 Å². The molecule has 0 aliphatic rings. The van der Waals surface area contributed by atoms with E-state index in [4.69, 9.17) is 5.11 Å². The van der Waals surface area contributed by atoms with Crippen LogP contribution < -0.4 is 0 Å². The number of nitrogens with zero attached hydrogens (tertiary/aromatic N) is 3. The minimum atomic E-state index is -0.279. The highest BCUT2D eigenvalue weighted by atomic mass is 16.3. The Hall–Kier alpha value is -0.870. The summed E-state index contributed by atoms with van der Waals surface area (Å²) in [5.41, 5.74) is 1.16. The molecular formula is C9H17N3O. The Morgan fingerprint density at radius 3 is 2.85 bits per heavy atom. The molecule has 0 spiro atoms. The Labute approximate surface area is 78.8 Å². The van der Waals surface area contributed by atoms with Gasteiger partial charge in [0.1, 0.15) is 0 Å². The second-order valence-corrected chi connectivity index (χ2v) is 3.54. The molecular weight excluding hydrogens is 166 g/mol. The van der Waals surface area contributed by atoms with E-state index in [0.717, 1.165) is 12.2 Å². The van der Waals surface area contributed by atoms with Crippen molar-refractivity contribution < 1.29 is 5.11 Å². The number of hydrogen-bond acceptors (Lipinski definition) is 3. The van der Waals surface area contributed by atoms with Crippen molar-refractivity contribution >= 4 is 0 Å². The summed E-state index contributed by atoms with van der Waals surface area (Å²) in [4.78, 5) is 6.10. The fourth-order valence-electron chi connectivity index (χ4n) is 1.33. The average Bonchev–Trinajstić information content (AvgIpc) is 2.34. The van der Waals surface area contributed by atoms with Crippen LogP contribution in [0.1, 0.15) is 12.6 Å². The van der Waals surface area contributed by atoms with E-state index in [1.807, 2.05) is 24.9 Å². The standard InChI is InChI=1S/C9H17N3O/c1-8(13)5-11(2)6-9-4-10-7-12(9)3/h4,7-8,13H,5-6H2,1-3H3. The van der Waals surface area contributed by atoms with Gasteiger partial charge in [-0.1, -0.05) is 0 Å². The smallest absolute Gasteiger partial charge is 0.0945 e. The van der Waals surface area contributed by atoms with Crippen molar-refractivity contribution in [1.82, 2.24) is 14.5 Å². The van der Waals surface area contributed by atoms with E-state index < -0.39 is 0 Å². The Balaban J connectivity index is 2.45. The molecule has 1 aromatic heterocycles. The molecule has 1 aromatic rings. The first-order valence-electron chi connectivity index (χ1n) is 4.41. The van der Waals surface area contributed by atoms with E-state index >= 15 is 0 Å². The molecule has 74 valence electrons. The van der Waals surface area contributed by atoms with Crippen molar-refractivity contribution in [3.63, 3.8) is 0 Å². The molecule has 1 atom stereocenters. The molecule has 0 saturated heterocycles. The summed E-state index contributed by atoms with van der Waals surface area (Å²) in [6, 6.07) is 0. The van der Waals surface area contributed by atoms with Crippen LogP contribution in [-0.4, -0.2) is 39.3 Å². The number of likely N-dealkylation sites (N-methyl/N-ethyl adjacent to an activating group) is 1. The fourth-order valence-corrected chi connectivity index (χ4v) is 1.33. The molecule has 4 nitrogen and oxygen atoms in total. The van der Waals surface area contributed by atoms with Crippen molar-refractivity contribution in [3.8, 4) is 0 Å². The largest absolute Gasteiger partial charge is 0.392 e. The van der Waals surface area contributed by atoms with E-state index in [9.17, 15) is 0 Å². The van der Waals surface area contributed by atoms with Gasteiger partial charge in [0.15, 0.2) is 0 Å². The normalized spacial score (nSPS) is 13.6. The van der Waals surface area contributed by atoms with E-state index in [-0.39, 0.29) is 6.10 Å². The van der Waals surface area contributed by atoms with E-state index in [2.05, 4.69) is 9.88 Å². The number of hydrogen-bond donors (Lipinski definition) is 1. The van der Waals surface area contributed by atoms with Gasteiger partial charge in [0.2, 0.25) is 0 Å². The number of rotatable bonds is 4. The van der Waals surface area contributed by atoms with E-state index in [1.54, 1.807) is 13.3 Å². The quantitative estimate of drug-likeness (QED) is 0.726. The third-order valence-electron chi connectivity index (χ3n) is 1.92. The van der Waals surface area contributed by atoms with Gasteiger partial charge in [-0.15, -0.1) is 0 Å². The lowest BCUT2D eigenvalue weighted by atomic mass is 10.3. The maximum Gasteiger partial charge on any atom is 0.0945 e. The Morgan fingerprint density at radius 2 is 2.38 bits per heavy atom. The molecule has 0 aliphatic carbocycles. The lowest BCUT2D eigenvalue weighted by Crippen LogP contribution is -2.27. The fraction of sp³-hybridized carbons (Fsp3) is 0.667. The second-order valence-electron chi connectivity index (χ2n) is 3.54. The first kappa shape index (κ1) is 10.2. The SMILES string of the molecule is CC(O)CN(C)Cc1cncn1C. The van der Waals surface area contributed by atoms with Gasteiger partial charge >= 0.3 is 0 Å². The highest BCUT2D eigenvalue weighted by Crippen LogP contribution is 2.01. The van der Waals surface area contributed by atoms with Crippen LogP contribution in [0, 0.1) is 0 Å². The monoisotopic (exact) mass is 183 g/mol. The Morgan fingerprint density at radius 1 is 1.69 bits per heavy atom. The minimum Gasteiger partial charge on any atom is -0.392 e. The molecule has 1 heterocycles. The summed E-state index contributed by atoms with van der Waals surface area (Å²) in [7, 11) is 3.96. The van der Waals surface area contributed by atoms with Gasteiger partial charge in [-0.3, -0.25) is 4.90 Å². The number of aliphatic hydroxyl groups is 1. The zero-order chi connectivity index (χ0) is 9.84. The molecule has 13 heavy (non-hydrogen) atoms.